The van der Waals surface area contributed by atoms with Gasteiger partial charge in [0.05, 0.1) is 16.9 Å². The van der Waals surface area contributed by atoms with E-state index in [0.717, 1.165) is 37.1 Å². The highest BCUT2D eigenvalue weighted by Crippen LogP contribution is 2.14. The zero-order chi connectivity index (χ0) is 15.2. The molecule has 1 N–H and O–H groups in total. The van der Waals surface area contributed by atoms with Gasteiger partial charge in [0.1, 0.15) is 5.82 Å². The number of nitrogens with zero attached hydrogens (tertiary/aromatic N) is 2. The quantitative estimate of drug-likeness (QED) is 0.795. The lowest BCUT2D eigenvalue weighted by atomic mass is 10.2. The van der Waals surface area contributed by atoms with Gasteiger partial charge >= 0.3 is 0 Å². The third-order valence-corrected chi connectivity index (χ3v) is 3.71. The lowest BCUT2D eigenvalue weighted by Gasteiger charge is -2.19. The zero-order valence-electron chi connectivity index (χ0n) is 13.2. The lowest BCUT2D eigenvalue weighted by Crippen LogP contribution is -2.31. The molecule has 2 aromatic rings. The number of hydrogen-bond acceptors (Lipinski definition) is 3. The maximum absolute atomic E-state index is 12.7. The van der Waals surface area contributed by atoms with Crippen molar-refractivity contribution in [1.82, 2.24) is 14.9 Å². The van der Waals surface area contributed by atoms with E-state index in [1.165, 1.54) is 0 Å². The minimum Gasteiger partial charge on any atom is -0.308 e. The molecule has 0 fully saturated rings. The molecule has 0 spiro atoms. The Morgan fingerprint density at radius 2 is 2.00 bits per heavy atom. The van der Waals surface area contributed by atoms with Crippen LogP contribution in [0, 0.1) is 0 Å². The smallest absolute Gasteiger partial charge is 0.261 e. The van der Waals surface area contributed by atoms with Crippen LogP contribution in [-0.4, -0.2) is 16.1 Å². The summed E-state index contributed by atoms with van der Waals surface area (Å²) in [5.41, 5.74) is 0.857. The average Bonchev–Trinajstić information content (AvgIpc) is 2.50. The number of fused-ring (bicyclic) bond motifs is 1. The summed E-state index contributed by atoms with van der Waals surface area (Å²) in [4.78, 5) is 17.4. The van der Waals surface area contributed by atoms with Gasteiger partial charge < -0.3 is 5.32 Å². The number of nitrogens with one attached hydrogen (secondary N) is 1. The number of unbranched alkanes of at least 4 members (excludes halogenated alkanes) is 1. The molecule has 1 heterocycles. The molecule has 4 heteroatoms. The molecule has 0 bridgehead atoms. The molecule has 0 saturated heterocycles. The average molecular weight is 287 g/mol. The summed E-state index contributed by atoms with van der Waals surface area (Å²) in [6.07, 6.45) is 3.22. The van der Waals surface area contributed by atoms with Crippen molar-refractivity contribution in [3.8, 4) is 0 Å². The minimum atomic E-state index is 0.0709. The number of benzene rings is 1. The standard InChI is InChI=1S/C17H25N3O/c1-4-6-11-18-13(3)16-19-15-10-8-7-9-14(15)17(21)20(16)12-5-2/h7-10,13,18H,4-6,11-12H2,1-3H3. The molecule has 0 aliphatic rings. The van der Waals surface area contributed by atoms with Gasteiger partial charge in [-0.05, 0) is 38.4 Å². The van der Waals surface area contributed by atoms with E-state index in [1.807, 2.05) is 28.8 Å². The van der Waals surface area contributed by atoms with Gasteiger partial charge in [0.2, 0.25) is 0 Å². The van der Waals surface area contributed by atoms with E-state index in [4.69, 9.17) is 4.98 Å². The molecule has 4 nitrogen and oxygen atoms in total. The van der Waals surface area contributed by atoms with Crippen LogP contribution in [0.2, 0.25) is 0 Å². The second kappa shape index (κ2) is 7.36. The molecule has 0 saturated carbocycles. The monoisotopic (exact) mass is 287 g/mol. The van der Waals surface area contributed by atoms with Crippen LogP contribution in [0.4, 0.5) is 0 Å². The highest BCUT2D eigenvalue weighted by Gasteiger charge is 2.15. The first-order chi connectivity index (χ1) is 10.2. The summed E-state index contributed by atoms with van der Waals surface area (Å²) >= 11 is 0. The number of rotatable bonds is 7. The SMILES string of the molecule is CCCCNC(C)c1nc2ccccc2c(=O)n1CCC. The first-order valence-electron chi connectivity index (χ1n) is 7.91. The fourth-order valence-corrected chi connectivity index (χ4v) is 2.54. The predicted molar refractivity (Wildman–Crippen MR) is 87.6 cm³/mol. The molecule has 1 unspecified atom stereocenters. The van der Waals surface area contributed by atoms with Crippen LogP contribution in [0.25, 0.3) is 10.9 Å². The molecule has 0 amide bonds. The van der Waals surface area contributed by atoms with Crippen molar-refractivity contribution in [1.29, 1.82) is 0 Å². The normalized spacial score (nSPS) is 12.7. The van der Waals surface area contributed by atoms with Gasteiger partial charge in [0.25, 0.3) is 5.56 Å². The largest absolute Gasteiger partial charge is 0.308 e. The van der Waals surface area contributed by atoms with Crippen molar-refractivity contribution in [2.75, 3.05) is 6.54 Å². The summed E-state index contributed by atoms with van der Waals surface area (Å²) in [5.74, 6) is 0.844. The highest BCUT2D eigenvalue weighted by molar-refractivity contribution is 5.77. The Balaban J connectivity index is 2.45. The Morgan fingerprint density at radius 3 is 2.71 bits per heavy atom. The van der Waals surface area contributed by atoms with E-state index in [2.05, 4.69) is 26.1 Å². The molecule has 1 aromatic heterocycles. The predicted octanol–water partition coefficient (Wildman–Crippen LogP) is 3.26. The van der Waals surface area contributed by atoms with E-state index in [9.17, 15) is 4.79 Å². The second-order valence-corrected chi connectivity index (χ2v) is 5.47. The van der Waals surface area contributed by atoms with Crippen molar-refractivity contribution in [3.05, 3.63) is 40.4 Å². The molecule has 2 rings (SSSR count). The summed E-state index contributed by atoms with van der Waals surface area (Å²) < 4.78 is 1.83. The van der Waals surface area contributed by atoms with E-state index >= 15 is 0 Å². The van der Waals surface area contributed by atoms with E-state index in [-0.39, 0.29) is 11.6 Å². The summed E-state index contributed by atoms with van der Waals surface area (Å²) in [6.45, 7) is 8.00. The maximum atomic E-state index is 12.7. The lowest BCUT2D eigenvalue weighted by molar-refractivity contribution is 0.487. The van der Waals surface area contributed by atoms with E-state index in [0.29, 0.717) is 11.9 Å². The topological polar surface area (TPSA) is 46.9 Å². The first-order valence-corrected chi connectivity index (χ1v) is 7.91. The molecular formula is C17H25N3O. The summed E-state index contributed by atoms with van der Waals surface area (Å²) in [6, 6.07) is 7.67. The Kier molecular flexibility index (Phi) is 5.51. The fourth-order valence-electron chi connectivity index (χ4n) is 2.54. The Bertz CT molecular complexity index is 648. The van der Waals surface area contributed by atoms with Gasteiger partial charge in [0.15, 0.2) is 0 Å². The summed E-state index contributed by atoms with van der Waals surface area (Å²) in [7, 11) is 0. The van der Waals surface area contributed by atoms with Gasteiger partial charge in [-0.25, -0.2) is 4.98 Å². The molecule has 0 radical (unpaired) electrons. The molecular weight excluding hydrogens is 262 g/mol. The molecule has 1 aromatic carbocycles. The Hall–Kier alpha value is -1.68. The van der Waals surface area contributed by atoms with E-state index in [1.54, 1.807) is 0 Å². The Labute approximate surface area is 126 Å². The van der Waals surface area contributed by atoms with Gasteiger partial charge in [-0.3, -0.25) is 9.36 Å². The number of para-hydroxylation sites is 1. The van der Waals surface area contributed by atoms with Crippen LogP contribution in [-0.2, 0) is 6.54 Å². The second-order valence-electron chi connectivity index (χ2n) is 5.47. The number of aromatic nitrogens is 2. The molecule has 0 aliphatic carbocycles. The molecule has 0 aliphatic heterocycles. The van der Waals surface area contributed by atoms with Gasteiger partial charge in [0, 0.05) is 6.54 Å². The molecule has 21 heavy (non-hydrogen) atoms. The van der Waals surface area contributed by atoms with Gasteiger partial charge in [-0.15, -0.1) is 0 Å². The zero-order valence-corrected chi connectivity index (χ0v) is 13.2. The highest BCUT2D eigenvalue weighted by atomic mass is 16.1. The molecule has 114 valence electrons. The van der Waals surface area contributed by atoms with Gasteiger partial charge in [-0.2, -0.15) is 0 Å². The van der Waals surface area contributed by atoms with Crippen LogP contribution < -0.4 is 10.9 Å². The fraction of sp³-hybridized carbons (Fsp3) is 0.529. The maximum Gasteiger partial charge on any atom is 0.261 e. The van der Waals surface area contributed by atoms with Crippen LogP contribution in [0.1, 0.15) is 51.9 Å². The minimum absolute atomic E-state index is 0.0709. The number of hydrogen-bond donors (Lipinski definition) is 1. The Morgan fingerprint density at radius 1 is 1.24 bits per heavy atom. The van der Waals surface area contributed by atoms with Crippen LogP contribution in [0.15, 0.2) is 29.1 Å². The third-order valence-electron chi connectivity index (χ3n) is 3.71. The summed E-state index contributed by atoms with van der Waals surface area (Å²) in [5, 5.41) is 4.17. The first kappa shape index (κ1) is 15.7. The van der Waals surface area contributed by atoms with Crippen molar-refractivity contribution in [2.45, 2.75) is 52.6 Å². The van der Waals surface area contributed by atoms with Crippen LogP contribution in [0.3, 0.4) is 0 Å². The van der Waals surface area contributed by atoms with Crippen molar-refractivity contribution in [2.24, 2.45) is 0 Å². The van der Waals surface area contributed by atoms with Crippen molar-refractivity contribution in [3.63, 3.8) is 0 Å². The third kappa shape index (κ3) is 3.50. The van der Waals surface area contributed by atoms with Crippen LogP contribution in [0.5, 0.6) is 0 Å². The van der Waals surface area contributed by atoms with Crippen molar-refractivity contribution >= 4 is 10.9 Å². The van der Waals surface area contributed by atoms with Crippen LogP contribution >= 0.6 is 0 Å². The van der Waals surface area contributed by atoms with Gasteiger partial charge in [-0.1, -0.05) is 32.4 Å². The molecule has 1 atom stereocenters. The van der Waals surface area contributed by atoms with E-state index < -0.39 is 0 Å². The van der Waals surface area contributed by atoms with Crippen molar-refractivity contribution < 1.29 is 0 Å².